The van der Waals surface area contributed by atoms with Gasteiger partial charge >= 0.3 is 6.03 Å². The summed E-state index contributed by atoms with van der Waals surface area (Å²) in [6.45, 7) is 1.93. The summed E-state index contributed by atoms with van der Waals surface area (Å²) < 4.78 is 19.1. The number of urea groups is 1. The second-order valence-electron chi connectivity index (χ2n) is 5.91. The predicted octanol–water partition coefficient (Wildman–Crippen LogP) is 2.76. The fourth-order valence-electron chi connectivity index (χ4n) is 2.61. The van der Waals surface area contributed by atoms with Gasteiger partial charge in [0.2, 0.25) is 5.91 Å². The van der Waals surface area contributed by atoms with Gasteiger partial charge < -0.3 is 15.4 Å². The van der Waals surface area contributed by atoms with Crippen LogP contribution in [0.5, 0.6) is 5.75 Å². The SMILES string of the molecule is CCOc1ccc(NC(=O)CN2C(=O)N/C(=C\c3ccccc3F)C2=O)cc1. The fraction of sp³-hybridized carbons (Fsp3) is 0.150. The van der Waals surface area contributed by atoms with E-state index in [2.05, 4.69) is 10.6 Å². The Bertz CT molecular complexity index is 941. The van der Waals surface area contributed by atoms with Crippen molar-refractivity contribution in [3.8, 4) is 5.75 Å². The number of nitrogens with zero attached hydrogens (tertiary/aromatic N) is 1. The summed E-state index contributed by atoms with van der Waals surface area (Å²) in [5, 5.41) is 4.96. The van der Waals surface area contributed by atoms with Crippen molar-refractivity contribution in [3.05, 3.63) is 65.6 Å². The Kier molecular flexibility index (Phi) is 5.69. The number of carbonyl (C=O) groups is 3. The molecule has 0 saturated carbocycles. The number of ether oxygens (including phenoxy) is 1. The smallest absolute Gasteiger partial charge is 0.329 e. The van der Waals surface area contributed by atoms with Gasteiger partial charge in [-0.2, -0.15) is 0 Å². The summed E-state index contributed by atoms with van der Waals surface area (Å²) in [7, 11) is 0. The van der Waals surface area contributed by atoms with E-state index >= 15 is 0 Å². The van der Waals surface area contributed by atoms with E-state index in [-0.39, 0.29) is 11.3 Å². The Morgan fingerprint density at radius 2 is 1.89 bits per heavy atom. The highest BCUT2D eigenvalue weighted by Gasteiger charge is 2.35. The maximum absolute atomic E-state index is 13.7. The zero-order valence-corrected chi connectivity index (χ0v) is 15.1. The van der Waals surface area contributed by atoms with Crippen molar-refractivity contribution in [2.24, 2.45) is 0 Å². The van der Waals surface area contributed by atoms with E-state index in [0.29, 0.717) is 18.0 Å². The third-order valence-corrected chi connectivity index (χ3v) is 3.92. The van der Waals surface area contributed by atoms with Gasteiger partial charge in [0.15, 0.2) is 0 Å². The molecule has 0 aliphatic carbocycles. The van der Waals surface area contributed by atoms with Crippen LogP contribution in [0.3, 0.4) is 0 Å². The molecule has 2 N–H and O–H groups in total. The van der Waals surface area contributed by atoms with Crippen LogP contribution in [0, 0.1) is 5.82 Å². The van der Waals surface area contributed by atoms with Crippen molar-refractivity contribution in [3.63, 3.8) is 0 Å². The van der Waals surface area contributed by atoms with Crippen molar-refractivity contribution in [1.29, 1.82) is 0 Å². The molecule has 144 valence electrons. The molecule has 1 fully saturated rings. The van der Waals surface area contributed by atoms with Gasteiger partial charge in [-0.3, -0.25) is 9.59 Å². The van der Waals surface area contributed by atoms with Gasteiger partial charge in [0.25, 0.3) is 5.91 Å². The van der Waals surface area contributed by atoms with Crippen LogP contribution >= 0.6 is 0 Å². The highest BCUT2D eigenvalue weighted by Crippen LogP contribution is 2.18. The number of benzene rings is 2. The van der Waals surface area contributed by atoms with E-state index in [4.69, 9.17) is 4.74 Å². The minimum Gasteiger partial charge on any atom is -0.494 e. The summed E-state index contributed by atoms with van der Waals surface area (Å²) >= 11 is 0. The Labute approximate surface area is 160 Å². The molecule has 8 heteroatoms. The van der Waals surface area contributed by atoms with Gasteiger partial charge in [-0.15, -0.1) is 0 Å². The van der Waals surface area contributed by atoms with Crippen LogP contribution in [0.15, 0.2) is 54.2 Å². The topological polar surface area (TPSA) is 87.7 Å². The summed E-state index contributed by atoms with van der Waals surface area (Å²) in [6, 6.07) is 11.8. The van der Waals surface area contributed by atoms with E-state index in [1.54, 1.807) is 30.3 Å². The minimum absolute atomic E-state index is 0.0935. The molecule has 1 saturated heterocycles. The first-order valence-corrected chi connectivity index (χ1v) is 8.59. The molecule has 1 heterocycles. The Morgan fingerprint density at radius 1 is 1.18 bits per heavy atom. The number of carbonyl (C=O) groups excluding carboxylic acids is 3. The number of hydrogen-bond donors (Lipinski definition) is 2. The maximum Gasteiger partial charge on any atom is 0.329 e. The molecule has 3 rings (SSSR count). The Balaban J connectivity index is 1.65. The van der Waals surface area contributed by atoms with E-state index in [1.165, 1.54) is 24.3 Å². The average molecular weight is 383 g/mol. The molecule has 0 atom stereocenters. The lowest BCUT2D eigenvalue weighted by Gasteiger charge is -2.12. The van der Waals surface area contributed by atoms with Gasteiger partial charge in [0, 0.05) is 11.3 Å². The molecule has 2 aromatic rings. The van der Waals surface area contributed by atoms with Crippen molar-refractivity contribution in [2.45, 2.75) is 6.92 Å². The van der Waals surface area contributed by atoms with Gasteiger partial charge in [-0.05, 0) is 43.3 Å². The van der Waals surface area contributed by atoms with E-state index < -0.39 is 30.2 Å². The van der Waals surface area contributed by atoms with Gasteiger partial charge in [0.1, 0.15) is 23.8 Å². The predicted molar refractivity (Wildman–Crippen MR) is 101 cm³/mol. The fourth-order valence-corrected chi connectivity index (χ4v) is 2.61. The van der Waals surface area contributed by atoms with Crippen molar-refractivity contribution in [2.75, 3.05) is 18.5 Å². The highest BCUT2D eigenvalue weighted by atomic mass is 19.1. The van der Waals surface area contributed by atoms with Gasteiger partial charge in [-0.1, -0.05) is 18.2 Å². The minimum atomic E-state index is -0.741. The van der Waals surface area contributed by atoms with Crippen LogP contribution in [0.2, 0.25) is 0 Å². The molecule has 0 spiro atoms. The van der Waals surface area contributed by atoms with Crippen LogP contribution in [-0.2, 0) is 9.59 Å². The second kappa shape index (κ2) is 8.34. The number of nitrogens with one attached hydrogen (secondary N) is 2. The number of halogens is 1. The average Bonchev–Trinajstić information content (AvgIpc) is 2.93. The lowest BCUT2D eigenvalue weighted by molar-refractivity contribution is -0.127. The number of amides is 4. The zero-order chi connectivity index (χ0) is 20.1. The van der Waals surface area contributed by atoms with Crippen LogP contribution in [-0.4, -0.2) is 35.9 Å². The molecule has 1 aliphatic heterocycles. The van der Waals surface area contributed by atoms with E-state index in [0.717, 1.165) is 4.90 Å². The first-order valence-electron chi connectivity index (χ1n) is 8.59. The number of anilines is 1. The molecule has 2 aromatic carbocycles. The number of hydrogen-bond acceptors (Lipinski definition) is 4. The quantitative estimate of drug-likeness (QED) is 0.593. The standard InChI is InChI=1S/C20H18FN3O4/c1-2-28-15-9-7-14(8-10-15)22-18(25)12-24-19(26)17(23-20(24)27)11-13-5-3-4-6-16(13)21/h3-11H,2,12H2,1H3,(H,22,25)(H,23,27)/b17-11-. The lowest BCUT2D eigenvalue weighted by Crippen LogP contribution is -2.38. The number of rotatable bonds is 6. The van der Waals surface area contributed by atoms with Crippen molar-refractivity contribution < 1.29 is 23.5 Å². The summed E-state index contributed by atoms with van der Waals surface area (Å²) in [5.74, 6) is -1.10. The molecule has 0 radical (unpaired) electrons. The van der Waals surface area contributed by atoms with Crippen LogP contribution < -0.4 is 15.4 Å². The molecule has 0 aromatic heterocycles. The van der Waals surface area contributed by atoms with Crippen LogP contribution in [0.25, 0.3) is 6.08 Å². The molecular weight excluding hydrogens is 365 g/mol. The van der Waals surface area contributed by atoms with Crippen LogP contribution in [0.4, 0.5) is 14.9 Å². The van der Waals surface area contributed by atoms with Crippen molar-refractivity contribution >= 4 is 29.6 Å². The summed E-state index contributed by atoms with van der Waals surface area (Å²) in [6.07, 6.45) is 1.24. The molecule has 4 amide bonds. The van der Waals surface area contributed by atoms with E-state index in [1.807, 2.05) is 6.92 Å². The highest BCUT2D eigenvalue weighted by molar-refractivity contribution is 6.15. The third-order valence-electron chi connectivity index (χ3n) is 3.92. The largest absolute Gasteiger partial charge is 0.494 e. The molecular formula is C20H18FN3O4. The zero-order valence-electron chi connectivity index (χ0n) is 15.1. The summed E-state index contributed by atoms with van der Waals surface area (Å²) in [5.41, 5.74) is 0.568. The third kappa shape index (κ3) is 4.35. The van der Waals surface area contributed by atoms with Gasteiger partial charge in [-0.25, -0.2) is 14.1 Å². The molecule has 7 nitrogen and oxygen atoms in total. The molecule has 0 unspecified atom stereocenters. The van der Waals surface area contributed by atoms with Gasteiger partial charge in [0.05, 0.1) is 6.61 Å². The first-order chi connectivity index (χ1) is 13.5. The van der Waals surface area contributed by atoms with Crippen LogP contribution in [0.1, 0.15) is 12.5 Å². The first kappa shape index (κ1) is 19.1. The maximum atomic E-state index is 13.7. The molecule has 1 aliphatic rings. The van der Waals surface area contributed by atoms with Crippen molar-refractivity contribution in [1.82, 2.24) is 10.2 Å². The molecule has 28 heavy (non-hydrogen) atoms. The lowest BCUT2D eigenvalue weighted by atomic mass is 10.2. The summed E-state index contributed by atoms with van der Waals surface area (Å²) in [4.78, 5) is 37.4. The normalized spacial score (nSPS) is 14.9. The molecule has 0 bridgehead atoms. The van der Waals surface area contributed by atoms with E-state index in [9.17, 15) is 18.8 Å². The second-order valence-corrected chi connectivity index (χ2v) is 5.91. The Morgan fingerprint density at radius 3 is 2.57 bits per heavy atom. The number of imide groups is 1. The Hall–Kier alpha value is -3.68. The monoisotopic (exact) mass is 383 g/mol.